The predicted octanol–water partition coefficient (Wildman–Crippen LogP) is 3.41. The van der Waals surface area contributed by atoms with E-state index in [1.165, 1.54) is 11.9 Å². The Bertz CT molecular complexity index is 825. The lowest BCUT2D eigenvalue weighted by Crippen LogP contribution is -2.24. The van der Waals surface area contributed by atoms with Crippen molar-refractivity contribution in [2.75, 3.05) is 21.3 Å². The van der Waals surface area contributed by atoms with Crippen molar-refractivity contribution in [3.05, 3.63) is 53.6 Å². The number of amides is 1. The van der Waals surface area contributed by atoms with Gasteiger partial charge in [0.15, 0.2) is 0 Å². The molecule has 0 spiro atoms. The maximum Gasteiger partial charge on any atom is 0.240 e. The van der Waals surface area contributed by atoms with Crippen LogP contribution in [0.2, 0.25) is 0 Å². The highest BCUT2D eigenvalue weighted by Crippen LogP contribution is 2.38. The highest BCUT2D eigenvalue weighted by molar-refractivity contribution is 6.03. The maximum absolute atomic E-state index is 12.2. The van der Waals surface area contributed by atoms with E-state index in [2.05, 4.69) is 5.10 Å². The second-order valence-corrected chi connectivity index (χ2v) is 5.97. The largest absolute Gasteiger partial charge is 0.497 e. The Balaban J connectivity index is 2.01. The maximum atomic E-state index is 12.2. The van der Waals surface area contributed by atoms with Gasteiger partial charge in [-0.05, 0) is 18.2 Å². The average molecular weight is 354 g/mol. The van der Waals surface area contributed by atoms with E-state index < -0.39 is 0 Å². The van der Waals surface area contributed by atoms with E-state index in [-0.39, 0.29) is 11.9 Å². The number of carbonyl (C=O) groups excluding carboxylic acids is 1. The first-order chi connectivity index (χ1) is 12.6. The normalized spacial score (nSPS) is 16.2. The molecule has 136 valence electrons. The fourth-order valence-electron chi connectivity index (χ4n) is 3.13. The van der Waals surface area contributed by atoms with Gasteiger partial charge in [0.1, 0.15) is 17.2 Å². The molecule has 1 amide bonds. The molecule has 1 aliphatic rings. The number of ether oxygens (including phenoxy) is 3. The average Bonchev–Trinajstić information content (AvgIpc) is 3.13. The van der Waals surface area contributed by atoms with Crippen molar-refractivity contribution in [1.29, 1.82) is 0 Å². The van der Waals surface area contributed by atoms with Crippen LogP contribution in [0, 0.1) is 0 Å². The SMILES string of the molecule is COc1cc(OC)cc(C2=NN(C(C)=O)C(c3ccccc3OC)C2)c1. The number of hydrogen-bond donors (Lipinski definition) is 0. The van der Waals surface area contributed by atoms with Gasteiger partial charge in [-0.1, -0.05) is 18.2 Å². The predicted molar refractivity (Wildman–Crippen MR) is 99.0 cm³/mol. The molecule has 0 N–H and O–H groups in total. The number of rotatable bonds is 5. The van der Waals surface area contributed by atoms with Gasteiger partial charge in [0.25, 0.3) is 0 Å². The van der Waals surface area contributed by atoms with E-state index in [1.807, 2.05) is 36.4 Å². The molecule has 1 aliphatic heterocycles. The molecular weight excluding hydrogens is 332 g/mol. The van der Waals surface area contributed by atoms with Crippen LogP contribution in [0.4, 0.5) is 0 Å². The molecule has 1 atom stereocenters. The van der Waals surface area contributed by atoms with E-state index >= 15 is 0 Å². The number of para-hydroxylation sites is 1. The zero-order chi connectivity index (χ0) is 18.7. The molecule has 1 unspecified atom stereocenters. The van der Waals surface area contributed by atoms with Crippen molar-refractivity contribution in [2.24, 2.45) is 5.10 Å². The summed E-state index contributed by atoms with van der Waals surface area (Å²) in [5.41, 5.74) is 2.59. The van der Waals surface area contributed by atoms with Crippen LogP contribution in [0.15, 0.2) is 47.6 Å². The lowest BCUT2D eigenvalue weighted by molar-refractivity contribution is -0.130. The van der Waals surface area contributed by atoms with E-state index in [9.17, 15) is 4.79 Å². The summed E-state index contributed by atoms with van der Waals surface area (Å²) in [6, 6.07) is 13.1. The molecule has 2 aromatic carbocycles. The molecule has 3 rings (SSSR count). The number of hydrazone groups is 1. The Hall–Kier alpha value is -3.02. The number of methoxy groups -OCH3 is 3. The highest BCUT2D eigenvalue weighted by Gasteiger charge is 2.33. The number of carbonyl (C=O) groups is 1. The second-order valence-electron chi connectivity index (χ2n) is 5.97. The van der Waals surface area contributed by atoms with Crippen LogP contribution in [0.25, 0.3) is 0 Å². The highest BCUT2D eigenvalue weighted by atomic mass is 16.5. The number of benzene rings is 2. The van der Waals surface area contributed by atoms with Crippen LogP contribution in [0.3, 0.4) is 0 Å². The third-order valence-corrected chi connectivity index (χ3v) is 4.42. The molecule has 1 heterocycles. The van der Waals surface area contributed by atoms with Gasteiger partial charge in [0.05, 0.1) is 33.1 Å². The van der Waals surface area contributed by atoms with Crippen molar-refractivity contribution in [3.63, 3.8) is 0 Å². The van der Waals surface area contributed by atoms with E-state index in [4.69, 9.17) is 14.2 Å². The van der Waals surface area contributed by atoms with Crippen LogP contribution in [-0.4, -0.2) is 38.0 Å². The Labute approximate surface area is 153 Å². The quantitative estimate of drug-likeness (QED) is 0.826. The fraction of sp³-hybridized carbons (Fsp3) is 0.300. The summed E-state index contributed by atoms with van der Waals surface area (Å²) >= 11 is 0. The Morgan fingerprint density at radius 3 is 2.27 bits per heavy atom. The van der Waals surface area contributed by atoms with Crippen molar-refractivity contribution in [1.82, 2.24) is 5.01 Å². The third-order valence-electron chi connectivity index (χ3n) is 4.42. The Morgan fingerprint density at radius 2 is 1.69 bits per heavy atom. The van der Waals surface area contributed by atoms with Crippen LogP contribution < -0.4 is 14.2 Å². The van der Waals surface area contributed by atoms with Crippen LogP contribution in [0.1, 0.15) is 30.5 Å². The van der Waals surface area contributed by atoms with Gasteiger partial charge in [0, 0.05) is 30.5 Å². The summed E-state index contributed by atoms with van der Waals surface area (Å²) in [6.07, 6.45) is 0.580. The van der Waals surface area contributed by atoms with Gasteiger partial charge in [-0.15, -0.1) is 0 Å². The molecule has 0 aliphatic carbocycles. The molecule has 2 aromatic rings. The van der Waals surface area contributed by atoms with Crippen molar-refractivity contribution >= 4 is 11.6 Å². The van der Waals surface area contributed by atoms with Crippen molar-refractivity contribution in [3.8, 4) is 17.2 Å². The van der Waals surface area contributed by atoms with Crippen molar-refractivity contribution < 1.29 is 19.0 Å². The van der Waals surface area contributed by atoms with Crippen LogP contribution >= 0.6 is 0 Å². The molecule has 6 heteroatoms. The van der Waals surface area contributed by atoms with Gasteiger partial charge in [0.2, 0.25) is 5.91 Å². The fourth-order valence-corrected chi connectivity index (χ4v) is 3.13. The van der Waals surface area contributed by atoms with Crippen LogP contribution in [-0.2, 0) is 4.79 Å². The minimum Gasteiger partial charge on any atom is -0.497 e. The standard InChI is InChI=1S/C20H22N2O4/c1-13(23)22-19(17-7-5-6-8-20(17)26-4)12-18(21-22)14-9-15(24-2)11-16(10-14)25-3/h5-11,19H,12H2,1-4H3. The molecule has 0 fully saturated rings. The first kappa shape index (κ1) is 17.8. The van der Waals surface area contributed by atoms with Gasteiger partial charge in [-0.3, -0.25) is 4.79 Å². The monoisotopic (exact) mass is 354 g/mol. The summed E-state index contributed by atoms with van der Waals surface area (Å²) in [6.45, 7) is 1.51. The smallest absolute Gasteiger partial charge is 0.240 e. The van der Waals surface area contributed by atoms with Gasteiger partial charge >= 0.3 is 0 Å². The van der Waals surface area contributed by atoms with Gasteiger partial charge < -0.3 is 14.2 Å². The summed E-state index contributed by atoms with van der Waals surface area (Å²) < 4.78 is 16.2. The second kappa shape index (κ2) is 7.47. The molecule has 0 radical (unpaired) electrons. The summed E-state index contributed by atoms with van der Waals surface area (Å²) in [5, 5.41) is 6.09. The lowest BCUT2D eigenvalue weighted by atomic mass is 9.97. The molecular formula is C20H22N2O4. The molecule has 0 saturated carbocycles. The minimum atomic E-state index is -0.212. The lowest BCUT2D eigenvalue weighted by Gasteiger charge is -2.22. The molecule has 6 nitrogen and oxygen atoms in total. The van der Waals surface area contributed by atoms with E-state index in [0.717, 1.165) is 22.6 Å². The summed E-state index contributed by atoms with van der Waals surface area (Å²) in [4.78, 5) is 12.2. The summed E-state index contributed by atoms with van der Waals surface area (Å²) in [7, 11) is 4.84. The van der Waals surface area contributed by atoms with Crippen LogP contribution in [0.5, 0.6) is 17.2 Å². The first-order valence-electron chi connectivity index (χ1n) is 8.31. The van der Waals surface area contributed by atoms with Gasteiger partial charge in [-0.25, -0.2) is 5.01 Å². The van der Waals surface area contributed by atoms with E-state index in [0.29, 0.717) is 17.9 Å². The number of nitrogens with zero attached hydrogens (tertiary/aromatic N) is 2. The Kier molecular flexibility index (Phi) is 5.11. The molecule has 26 heavy (non-hydrogen) atoms. The van der Waals surface area contributed by atoms with E-state index in [1.54, 1.807) is 27.4 Å². The Morgan fingerprint density at radius 1 is 1.04 bits per heavy atom. The molecule has 0 bridgehead atoms. The third kappa shape index (κ3) is 3.35. The first-order valence-corrected chi connectivity index (χ1v) is 8.31. The molecule has 0 aromatic heterocycles. The molecule has 0 saturated heterocycles. The minimum absolute atomic E-state index is 0.120. The van der Waals surface area contributed by atoms with Gasteiger partial charge in [-0.2, -0.15) is 5.10 Å². The topological polar surface area (TPSA) is 60.4 Å². The number of hydrogen-bond acceptors (Lipinski definition) is 5. The zero-order valence-electron chi connectivity index (χ0n) is 15.4. The zero-order valence-corrected chi connectivity index (χ0v) is 15.4. The van der Waals surface area contributed by atoms with Crippen molar-refractivity contribution in [2.45, 2.75) is 19.4 Å². The summed E-state index contributed by atoms with van der Waals surface area (Å²) in [5.74, 6) is 1.98.